The van der Waals surface area contributed by atoms with Gasteiger partial charge in [0.2, 0.25) is 0 Å². The Morgan fingerprint density at radius 1 is 1.43 bits per heavy atom. The largest absolute Gasteiger partial charge is 0.303 e. The van der Waals surface area contributed by atoms with Crippen molar-refractivity contribution in [3.05, 3.63) is 15.4 Å². The van der Waals surface area contributed by atoms with Crippen LogP contribution in [0.1, 0.15) is 31.7 Å². The summed E-state index contributed by atoms with van der Waals surface area (Å²) in [4.78, 5) is 2.42. The van der Waals surface area contributed by atoms with E-state index in [1.807, 2.05) is 6.92 Å². The highest BCUT2D eigenvalue weighted by Gasteiger charge is 2.31. The lowest BCUT2D eigenvalue weighted by Crippen LogP contribution is -2.45. The van der Waals surface area contributed by atoms with Gasteiger partial charge in [0.1, 0.15) is 4.21 Å². The molecule has 1 aromatic rings. The number of likely N-dealkylation sites (tertiary alicyclic amines) is 1. The first kappa shape index (κ1) is 17.4. The molecule has 0 aliphatic carbocycles. The van der Waals surface area contributed by atoms with E-state index in [9.17, 15) is 8.42 Å². The van der Waals surface area contributed by atoms with Crippen molar-refractivity contribution in [1.82, 2.24) is 9.21 Å². The monoisotopic (exact) mass is 394 g/mol. The SMILES string of the molecule is CCCN1CCC(N(C)S(=O)(=O)c2cc(C)c(Br)s2)CC1. The Balaban J connectivity index is 2.07. The van der Waals surface area contributed by atoms with E-state index < -0.39 is 10.0 Å². The summed E-state index contributed by atoms with van der Waals surface area (Å²) in [6.07, 6.45) is 2.99. The topological polar surface area (TPSA) is 40.6 Å². The van der Waals surface area contributed by atoms with Gasteiger partial charge in [-0.3, -0.25) is 0 Å². The van der Waals surface area contributed by atoms with Crippen molar-refractivity contribution in [3.63, 3.8) is 0 Å². The van der Waals surface area contributed by atoms with Gasteiger partial charge in [0, 0.05) is 13.1 Å². The molecule has 0 atom stereocenters. The predicted molar refractivity (Wildman–Crippen MR) is 91.5 cm³/mol. The van der Waals surface area contributed by atoms with E-state index in [0.717, 1.165) is 48.2 Å². The molecule has 1 aliphatic rings. The van der Waals surface area contributed by atoms with Gasteiger partial charge in [0.05, 0.1) is 3.79 Å². The number of sulfonamides is 1. The van der Waals surface area contributed by atoms with Crippen molar-refractivity contribution >= 4 is 37.3 Å². The summed E-state index contributed by atoms with van der Waals surface area (Å²) in [5, 5.41) is 0. The summed E-state index contributed by atoms with van der Waals surface area (Å²) < 4.78 is 28.3. The maximum Gasteiger partial charge on any atom is 0.252 e. The van der Waals surface area contributed by atoms with E-state index in [1.165, 1.54) is 11.3 Å². The maximum atomic E-state index is 12.7. The van der Waals surface area contributed by atoms with Crippen LogP contribution in [-0.2, 0) is 10.0 Å². The van der Waals surface area contributed by atoms with Crippen LogP contribution in [0.5, 0.6) is 0 Å². The first-order valence-electron chi connectivity index (χ1n) is 7.32. The molecule has 0 aromatic carbocycles. The van der Waals surface area contributed by atoms with E-state index in [4.69, 9.17) is 0 Å². The number of thiophene rings is 1. The van der Waals surface area contributed by atoms with Crippen LogP contribution >= 0.6 is 27.3 Å². The lowest BCUT2D eigenvalue weighted by molar-refractivity contribution is 0.170. The fraction of sp³-hybridized carbons (Fsp3) is 0.714. The first-order valence-corrected chi connectivity index (χ1v) is 10.4. The molecule has 4 nitrogen and oxygen atoms in total. The molecule has 1 fully saturated rings. The highest BCUT2D eigenvalue weighted by molar-refractivity contribution is 9.11. The Labute approximate surface area is 140 Å². The van der Waals surface area contributed by atoms with Gasteiger partial charge in [0.25, 0.3) is 10.0 Å². The van der Waals surface area contributed by atoms with Crippen molar-refractivity contribution in [3.8, 4) is 0 Å². The van der Waals surface area contributed by atoms with E-state index in [0.29, 0.717) is 4.21 Å². The molecule has 0 amide bonds. The van der Waals surface area contributed by atoms with Crippen LogP contribution in [0.2, 0.25) is 0 Å². The second kappa shape index (κ2) is 7.08. The van der Waals surface area contributed by atoms with Gasteiger partial charge in [0.15, 0.2) is 0 Å². The summed E-state index contributed by atoms with van der Waals surface area (Å²) >= 11 is 4.71. The number of nitrogens with zero attached hydrogens (tertiary/aromatic N) is 2. The predicted octanol–water partition coefficient (Wildman–Crippen LogP) is 3.31. The van der Waals surface area contributed by atoms with Gasteiger partial charge in [-0.1, -0.05) is 6.92 Å². The Bertz CT molecular complexity index is 558. The standard InChI is InChI=1S/C14H23BrN2O2S2/c1-4-7-17-8-5-12(6-9-17)16(3)21(18,19)13-10-11(2)14(15)20-13/h10,12H,4-9H2,1-3H3. The third-order valence-corrected chi connectivity index (χ3v) is 8.57. The molecule has 1 aliphatic heterocycles. The van der Waals surface area contributed by atoms with Gasteiger partial charge in [-0.2, -0.15) is 4.31 Å². The van der Waals surface area contributed by atoms with Gasteiger partial charge in [-0.05, 0) is 73.4 Å². The maximum absolute atomic E-state index is 12.7. The molecule has 1 aromatic heterocycles. The van der Waals surface area contributed by atoms with Gasteiger partial charge < -0.3 is 4.90 Å². The Kier molecular flexibility index (Phi) is 5.87. The molecule has 21 heavy (non-hydrogen) atoms. The number of halogens is 1. The molecule has 1 saturated heterocycles. The molecule has 0 N–H and O–H groups in total. The van der Waals surface area contributed by atoms with Crippen molar-refractivity contribution < 1.29 is 8.42 Å². The zero-order valence-corrected chi connectivity index (χ0v) is 16.0. The highest BCUT2D eigenvalue weighted by Crippen LogP contribution is 2.33. The molecule has 0 radical (unpaired) electrons. The smallest absolute Gasteiger partial charge is 0.252 e. The third kappa shape index (κ3) is 3.88. The quantitative estimate of drug-likeness (QED) is 0.768. The van der Waals surface area contributed by atoms with Crippen LogP contribution < -0.4 is 0 Å². The highest BCUT2D eigenvalue weighted by atomic mass is 79.9. The number of rotatable bonds is 5. The average Bonchev–Trinajstić information content (AvgIpc) is 2.80. The number of aryl methyl sites for hydroxylation is 1. The van der Waals surface area contributed by atoms with Crippen molar-refractivity contribution in [2.45, 2.75) is 43.4 Å². The molecule has 0 saturated carbocycles. The second-order valence-electron chi connectivity index (χ2n) is 5.62. The summed E-state index contributed by atoms with van der Waals surface area (Å²) in [5.41, 5.74) is 0.977. The van der Waals surface area contributed by atoms with Crippen molar-refractivity contribution in [1.29, 1.82) is 0 Å². The molecule has 0 spiro atoms. The summed E-state index contributed by atoms with van der Waals surface area (Å²) in [6, 6.07) is 1.87. The minimum Gasteiger partial charge on any atom is -0.303 e. The lowest BCUT2D eigenvalue weighted by atomic mass is 10.1. The van der Waals surface area contributed by atoms with E-state index in [1.54, 1.807) is 17.4 Å². The lowest BCUT2D eigenvalue weighted by Gasteiger charge is -2.35. The van der Waals surface area contributed by atoms with Gasteiger partial charge in [-0.25, -0.2) is 8.42 Å². The number of hydrogen-bond acceptors (Lipinski definition) is 4. The van der Waals surface area contributed by atoms with Crippen molar-refractivity contribution in [2.75, 3.05) is 26.7 Å². The fourth-order valence-corrected chi connectivity index (χ4v) is 6.55. The van der Waals surface area contributed by atoms with Crippen LogP contribution in [0.15, 0.2) is 14.1 Å². The molecule has 0 unspecified atom stereocenters. The number of piperidine rings is 1. The summed E-state index contributed by atoms with van der Waals surface area (Å²) in [7, 11) is -1.65. The minimum atomic E-state index is -3.37. The average molecular weight is 395 g/mol. The zero-order chi connectivity index (χ0) is 15.6. The number of hydrogen-bond donors (Lipinski definition) is 0. The molecule has 2 rings (SSSR count). The molecule has 2 heterocycles. The fourth-order valence-electron chi connectivity index (χ4n) is 2.72. The summed E-state index contributed by atoms with van der Waals surface area (Å²) in [6.45, 7) is 7.19. The molecule has 0 bridgehead atoms. The van der Waals surface area contributed by atoms with Gasteiger partial charge >= 0.3 is 0 Å². The minimum absolute atomic E-state index is 0.115. The van der Waals surface area contributed by atoms with E-state index >= 15 is 0 Å². The van der Waals surface area contributed by atoms with Gasteiger partial charge in [-0.15, -0.1) is 11.3 Å². The molecular weight excluding hydrogens is 372 g/mol. The van der Waals surface area contributed by atoms with Crippen LogP contribution in [0.25, 0.3) is 0 Å². The molecule has 7 heteroatoms. The summed E-state index contributed by atoms with van der Waals surface area (Å²) in [5.74, 6) is 0. The third-order valence-electron chi connectivity index (χ3n) is 4.08. The first-order chi connectivity index (χ1) is 9.86. The Morgan fingerprint density at radius 2 is 2.05 bits per heavy atom. The molecule has 120 valence electrons. The Morgan fingerprint density at radius 3 is 2.52 bits per heavy atom. The van der Waals surface area contributed by atoms with Crippen LogP contribution in [0.3, 0.4) is 0 Å². The normalized spacial score (nSPS) is 18.5. The Hall–Kier alpha value is 0.0500. The van der Waals surface area contributed by atoms with E-state index in [-0.39, 0.29) is 6.04 Å². The van der Waals surface area contributed by atoms with Crippen LogP contribution in [0.4, 0.5) is 0 Å². The molecular formula is C14H23BrN2O2S2. The second-order valence-corrected chi connectivity index (χ2v) is 10.2. The van der Waals surface area contributed by atoms with Crippen LogP contribution in [-0.4, -0.2) is 50.3 Å². The van der Waals surface area contributed by atoms with Crippen LogP contribution in [0, 0.1) is 6.92 Å². The zero-order valence-electron chi connectivity index (χ0n) is 12.8. The van der Waals surface area contributed by atoms with Crippen molar-refractivity contribution in [2.24, 2.45) is 0 Å². The van der Waals surface area contributed by atoms with E-state index in [2.05, 4.69) is 27.8 Å².